The van der Waals surface area contributed by atoms with Gasteiger partial charge in [-0.2, -0.15) is 11.8 Å². The summed E-state index contributed by atoms with van der Waals surface area (Å²) in [6.45, 7) is 2.67. The smallest absolute Gasteiger partial charge is 0.216 e. The van der Waals surface area contributed by atoms with Crippen LogP contribution in [-0.4, -0.2) is 33.5 Å². The van der Waals surface area contributed by atoms with Crippen molar-refractivity contribution in [1.29, 1.82) is 0 Å². The second-order valence-corrected chi connectivity index (χ2v) is 7.24. The van der Waals surface area contributed by atoms with Gasteiger partial charge in [0, 0.05) is 18.3 Å². The van der Waals surface area contributed by atoms with E-state index in [-0.39, 0.29) is 11.8 Å². The topological polar surface area (TPSA) is 58.2 Å². The first kappa shape index (κ1) is 16.5. The van der Waals surface area contributed by atoms with E-state index in [0.29, 0.717) is 0 Å². The standard InChI is InChI=1S/C13H22N2O2S2/c1-11(9-18-3)15-19(16,17)10-13-6-4-12(5-7-13)8-14-2/h4-7,11,14-15H,8-10H2,1-3H3. The second-order valence-electron chi connectivity index (χ2n) is 4.58. The molecule has 108 valence electrons. The molecule has 0 aliphatic carbocycles. The molecule has 2 N–H and O–H groups in total. The van der Waals surface area contributed by atoms with Crippen LogP contribution in [0.1, 0.15) is 18.1 Å². The van der Waals surface area contributed by atoms with Gasteiger partial charge in [0.1, 0.15) is 0 Å². The van der Waals surface area contributed by atoms with E-state index in [2.05, 4.69) is 10.0 Å². The SMILES string of the molecule is CNCc1ccc(CS(=O)(=O)NC(C)CSC)cc1. The third-order valence-corrected chi connectivity index (χ3v) is 4.87. The summed E-state index contributed by atoms with van der Waals surface area (Å²) in [4.78, 5) is 0. The summed E-state index contributed by atoms with van der Waals surface area (Å²) in [5, 5.41) is 3.06. The normalized spacial score (nSPS) is 13.4. The van der Waals surface area contributed by atoms with Crippen molar-refractivity contribution in [3.8, 4) is 0 Å². The molecule has 4 nitrogen and oxygen atoms in total. The fourth-order valence-corrected chi connectivity index (χ4v) is 3.91. The molecule has 0 bridgehead atoms. The number of hydrogen-bond acceptors (Lipinski definition) is 4. The highest BCUT2D eigenvalue weighted by molar-refractivity contribution is 7.98. The van der Waals surface area contributed by atoms with E-state index in [9.17, 15) is 8.42 Å². The number of hydrogen-bond donors (Lipinski definition) is 2. The van der Waals surface area contributed by atoms with E-state index >= 15 is 0 Å². The van der Waals surface area contributed by atoms with Gasteiger partial charge >= 0.3 is 0 Å². The van der Waals surface area contributed by atoms with Crippen LogP contribution in [0.4, 0.5) is 0 Å². The number of thioether (sulfide) groups is 1. The number of nitrogens with one attached hydrogen (secondary N) is 2. The van der Waals surface area contributed by atoms with E-state index in [1.54, 1.807) is 11.8 Å². The van der Waals surface area contributed by atoms with Crippen molar-refractivity contribution < 1.29 is 8.42 Å². The van der Waals surface area contributed by atoms with E-state index < -0.39 is 10.0 Å². The molecule has 0 aromatic heterocycles. The lowest BCUT2D eigenvalue weighted by molar-refractivity contribution is 0.570. The molecule has 0 saturated carbocycles. The first-order valence-electron chi connectivity index (χ1n) is 6.18. The van der Waals surface area contributed by atoms with Crippen LogP contribution in [0.2, 0.25) is 0 Å². The van der Waals surface area contributed by atoms with Crippen molar-refractivity contribution in [2.24, 2.45) is 0 Å². The number of benzene rings is 1. The predicted octanol–water partition coefficient (Wildman–Crippen LogP) is 1.58. The van der Waals surface area contributed by atoms with Gasteiger partial charge in [-0.3, -0.25) is 0 Å². The van der Waals surface area contributed by atoms with Gasteiger partial charge in [0.15, 0.2) is 0 Å². The van der Waals surface area contributed by atoms with Crippen molar-refractivity contribution in [2.75, 3.05) is 19.1 Å². The quantitative estimate of drug-likeness (QED) is 0.765. The molecule has 1 rings (SSSR count). The Morgan fingerprint density at radius 3 is 2.32 bits per heavy atom. The van der Waals surface area contributed by atoms with E-state index in [1.165, 1.54) is 0 Å². The Hall–Kier alpha value is -0.560. The second kappa shape index (κ2) is 7.89. The summed E-state index contributed by atoms with van der Waals surface area (Å²) < 4.78 is 26.6. The van der Waals surface area contributed by atoms with Crippen LogP contribution in [0.5, 0.6) is 0 Å². The molecule has 6 heteroatoms. The van der Waals surface area contributed by atoms with Gasteiger partial charge in [-0.15, -0.1) is 0 Å². The molecule has 0 heterocycles. The molecule has 1 aromatic carbocycles. The zero-order valence-corrected chi connectivity index (χ0v) is 13.3. The van der Waals surface area contributed by atoms with Crippen LogP contribution in [-0.2, 0) is 22.3 Å². The molecule has 0 radical (unpaired) electrons. The molecule has 0 amide bonds. The Morgan fingerprint density at radius 2 is 1.79 bits per heavy atom. The van der Waals surface area contributed by atoms with Gasteiger partial charge in [-0.25, -0.2) is 13.1 Å². The maximum atomic E-state index is 12.0. The third kappa shape index (κ3) is 6.42. The van der Waals surface area contributed by atoms with Crippen LogP contribution in [0.3, 0.4) is 0 Å². The predicted molar refractivity (Wildman–Crippen MR) is 82.8 cm³/mol. The molecule has 0 saturated heterocycles. The third-order valence-electron chi connectivity index (χ3n) is 2.56. The van der Waals surface area contributed by atoms with Gasteiger partial charge in [0.25, 0.3) is 0 Å². The molecule has 1 atom stereocenters. The van der Waals surface area contributed by atoms with Gasteiger partial charge in [-0.1, -0.05) is 24.3 Å². The Kier molecular flexibility index (Phi) is 6.85. The highest BCUT2D eigenvalue weighted by atomic mass is 32.2. The number of sulfonamides is 1. The van der Waals surface area contributed by atoms with Crippen LogP contribution >= 0.6 is 11.8 Å². The summed E-state index contributed by atoms with van der Waals surface area (Å²) in [6, 6.07) is 7.60. The van der Waals surface area contributed by atoms with Gasteiger partial charge < -0.3 is 5.32 Å². The lowest BCUT2D eigenvalue weighted by Crippen LogP contribution is -2.35. The largest absolute Gasteiger partial charge is 0.316 e. The maximum Gasteiger partial charge on any atom is 0.216 e. The molecule has 19 heavy (non-hydrogen) atoms. The van der Waals surface area contributed by atoms with E-state index in [0.717, 1.165) is 23.4 Å². The number of rotatable bonds is 8. The average Bonchev–Trinajstić information content (AvgIpc) is 2.31. The van der Waals surface area contributed by atoms with Crippen LogP contribution in [0.15, 0.2) is 24.3 Å². The molecule has 0 aliphatic rings. The fourth-order valence-electron chi connectivity index (χ4n) is 1.81. The lowest BCUT2D eigenvalue weighted by atomic mass is 10.1. The summed E-state index contributed by atoms with van der Waals surface area (Å²) >= 11 is 1.63. The van der Waals surface area contributed by atoms with Crippen LogP contribution in [0, 0.1) is 0 Å². The first-order valence-corrected chi connectivity index (χ1v) is 9.23. The monoisotopic (exact) mass is 302 g/mol. The first-order chi connectivity index (χ1) is 8.96. The van der Waals surface area contributed by atoms with Gasteiger partial charge in [-0.05, 0) is 31.4 Å². The van der Waals surface area contributed by atoms with Crippen molar-refractivity contribution in [1.82, 2.24) is 10.0 Å². The molecule has 0 spiro atoms. The van der Waals surface area contributed by atoms with Crippen LogP contribution in [0.25, 0.3) is 0 Å². The Balaban J connectivity index is 2.62. The average molecular weight is 302 g/mol. The van der Waals surface area contributed by atoms with Gasteiger partial charge in [0.2, 0.25) is 10.0 Å². The van der Waals surface area contributed by atoms with E-state index in [1.807, 2.05) is 44.5 Å². The highest BCUT2D eigenvalue weighted by Gasteiger charge is 2.14. The highest BCUT2D eigenvalue weighted by Crippen LogP contribution is 2.09. The zero-order valence-electron chi connectivity index (χ0n) is 11.6. The van der Waals surface area contributed by atoms with Gasteiger partial charge in [0.05, 0.1) is 5.75 Å². The van der Waals surface area contributed by atoms with Crippen molar-refractivity contribution >= 4 is 21.8 Å². The molecule has 0 fully saturated rings. The van der Waals surface area contributed by atoms with E-state index in [4.69, 9.17) is 0 Å². The summed E-state index contributed by atoms with van der Waals surface area (Å²) in [5.74, 6) is 0.811. The minimum Gasteiger partial charge on any atom is -0.316 e. The van der Waals surface area contributed by atoms with Crippen LogP contribution < -0.4 is 10.0 Å². The Labute approximate surface area is 120 Å². The molecular formula is C13H22N2O2S2. The van der Waals surface area contributed by atoms with Crippen molar-refractivity contribution in [3.63, 3.8) is 0 Å². The minimum absolute atomic E-state index is 0.0333. The Morgan fingerprint density at radius 1 is 1.21 bits per heavy atom. The summed E-state index contributed by atoms with van der Waals surface area (Å²) in [6.07, 6.45) is 1.96. The maximum absolute atomic E-state index is 12.0. The lowest BCUT2D eigenvalue weighted by Gasteiger charge is -2.13. The fraction of sp³-hybridized carbons (Fsp3) is 0.538. The van der Waals surface area contributed by atoms with Crippen molar-refractivity contribution in [3.05, 3.63) is 35.4 Å². The molecule has 1 unspecified atom stereocenters. The Bertz CT molecular complexity index is 472. The summed E-state index contributed by atoms with van der Waals surface area (Å²) in [7, 11) is -1.38. The molecular weight excluding hydrogens is 280 g/mol. The zero-order chi connectivity index (χ0) is 14.3. The van der Waals surface area contributed by atoms with Crippen molar-refractivity contribution in [2.45, 2.75) is 25.3 Å². The summed E-state index contributed by atoms with van der Waals surface area (Å²) in [5.41, 5.74) is 1.95. The molecule has 0 aliphatic heterocycles. The minimum atomic E-state index is -3.26. The molecule has 1 aromatic rings.